The van der Waals surface area contributed by atoms with Gasteiger partial charge in [0.05, 0.1) is 5.75 Å². The van der Waals surface area contributed by atoms with Crippen LogP contribution in [0.3, 0.4) is 0 Å². The fourth-order valence-corrected chi connectivity index (χ4v) is 3.38. The molecule has 2 rings (SSSR count). The molecule has 0 saturated heterocycles. The number of anilines is 2. The molecule has 0 fully saturated rings. The van der Waals surface area contributed by atoms with E-state index in [9.17, 15) is 4.79 Å². The van der Waals surface area contributed by atoms with Gasteiger partial charge in [0.1, 0.15) is 11.6 Å². The lowest BCUT2D eigenvalue weighted by Crippen LogP contribution is -2.10. The third-order valence-corrected chi connectivity index (χ3v) is 4.76. The Hall–Kier alpha value is -2.37. The fraction of sp³-hybridized carbons (Fsp3) is 0.200. The lowest BCUT2D eigenvalue weighted by molar-refractivity contribution is -0.112. The van der Waals surface area contributed by atoms with Crippen LogP contribution in [0.25, 0.3) is 0 Å². The zero-order valence-electron chi connectivity index (χ0n) is 12.7. The minimum atomic E-state index is -0.305. The van der Waals surface area contributed by atoms with Gasteiger partial charge >= 0.3 is 0 Å². The number of nitrogens with zero attached hydrogens (tertiary/aromatic N) is 3. The van der Waals surface area contributed by atoms with Gasteiger partial charge in [-0.05, 0) is 31.5 Å². The first kappa shape index (κ1) is 17.0. The van der Waals surface area contributed by atoms with E-state index in [1.807, 2.05) is 37.3 Å². The van der Waals surface area contributed by atoms with Crippen LogP contribution in [-0.4, -0.2) is 21.7 Å². The van der Waals surface area contributed by atoms with Crippen LogP contribution >= 0.6 is 23.1 Å². The Morgan fingerprint density at radius 2 is 2.26 bits per heavy atom. The van der Waals surface area contributed by atoms with Crippen molar-refractivity contribution in [2.24, 2.45) is 5.73 Å². The highest BCUT2D eigenvalue weighted by Gasteiger charge is 2.14. The standard InChI is InChI=1S/C15H15N5OS2/c1-9-4-3-5-11(6-9)18-14-19-20-15(23-14)22-8-13(21)12(7-16)10(2)17/h3-6H,8,17H2,1-2H3,(H,18,19)/b12-10+. The minimum Gasteiger partial charge on any atom is -0.401 e. The van der Waals surface area contributed by atoms with Gasteiger partial charge in [0.25, 0.3) is 0 Å². The van der Waals surface area contributed by atoms with Gasteiger partial charge in [-0.25, -0.2) is 0 Å². The molecule has 6 nitrogen and oxygen atoms in total. The molecule has 0 saturated carbocycles. The van der Waals surface area contributed by atoms with E-state index in [0.717, 1.165) is 11.3 Å². The monoisotopic (exact) mass is 345 g/mol. The number of benzene rings is 1. The number of carbonyl (C=O) groups excluding carboxylic acids is 1. The van der Waals surface area contributed by atoms with Crippen LogP contribution in [0.5, 0.6) is 0 Å². The normalized spacial score (nSPS) is 11.5. The summed E-state index contributed by atoms with van der Waals surface area (Å²) in [6.07, 6.45) is 0. The van der Waals surface area contributed by atoms with Crippen molar-refractivity contribution in [3.8, 4) is 6.07 Å². The Morgan fingerprint density at radius 1 is 1.48 bits per heavy atom. The second kappa shape index (κ2) is 7.76. The van der Waals surface area contributed by atoms with Gasteiger partial charge in [-0.3, -0.25) is 4.79 Å². The number of nitrogens with one attached hydrogen (secondary N) is 1. The van der Waals surface area contributed by atoms with E-state index in [2.05, 4.69) is 15.5 Å². The number of aromatic nitrogens is 2. The van der Waals surface area contributed by atoms with Crippen LogP contribution in [0.2, 0.25) is 0 Å². The average molecular weight is 345 g/mol. The SMILES string of the molecule is C/C(N)=C(/C#N)C(=O)CSc1nnc(Nc2cccc(C)c2)s1. The highest BCUT2D eigenvalue weighted by Crippen LogP contribution is 2.28. The van der Waals surface area contributed by atoms with E-state index in [1.54, 1.807) is 0 Å². The fourth-order valence-electron chi connectivity index (χ4n) is 1.73. The summed E-state index contributed by atoms with van der Waals surface area (Å²) in [5, 5.41) is 20.8. The largest absolute Gasteiger partial charge is 0.401 e. The molecule has 0 unspecified atom stereocenters. The summed E-state index contributed by atoms with van der Waals surface area (Å²) < 4.78 is 0.653. The predicted octanol–water partition coefficient (Wildman–Crippen LogP) is 3.01. The summed E-state index contributed by atoms with van der Waals surface area (Å²) in [5.74, 6) is -0.197. The Balaban J connectivity index is 1.97. The molecule has 0 aliphatic heterocycles. The highest BCUT2D eigenvalue weighted by atomic mass is 32.2. The van der Waals surface area contributed by atoms with E-state index in [-0.39, 0.29) is 22.8 Å². The molecule has 8 heteroatoms. The Bertz CT molecular complexity index is 787. The van der Waals surface area contributed by atoms with Crippen molar-refractivity contribution in [1.29, 1.82) is 5.26 Å². The molecule has 0 spiro atoms. The van der Waals surface area contributed by atoms with Crippen molar-refractivity contribution < 1.29 is 4.79 Å². The number of hydrogen-bond donors (Lipinski definition) is 2. The first-order valence-electron chi connectivity index (χ1n) is 6.69. The molecular weight excluding hydrogens is 330 g/mol. The van der Waals surface area contributed by atoms with E-state index in [1.165, 1.54) is 30.0 Å². The molecule has 0 atom stereocenters. The van der Waals surface area contributed by atoms with Crippen molar-refractivity contribution >= 4 is 39.7 Å². The summed E-state index contributed by atoms with van der Waals surface area (Å²) in [6, 6.07) is 9.74. The number of Topliss-reactive ketones (excluding diaryl/α,β-unsaturated/α-hetero) is 1. The van der Waals surface area contributed by atoms with Gasteiger partial charge in [0.15, 0.2) is 10.1 Å². The Labute approximate surface area is 142 Å². The number of hydrogen-bond acceptors (Lipinski definition) is 8. The van der Waals surface area contributed by atoms with Gasteiger partial charge in [0.2, 0.25) is 5.13 Å². The van der Waals surface area contributed by atoms with Gasteiger partial charge in [-0.15, -0.1) is 10.2 Å². The second-order valence-corrected chi connectivity index (χ2v) is 6.95. The molecule has 1 aromatic heterocycles. The molecule has 2 aromatic rings. The molecule has 0 aliphatic rings. The van der Waals surface area contributed by atoms with Crippen LogP contribution in [0.15, 0.2) is 39.9 Å². The number of thioether (sulfide) groups is 1. The van der Waals surface area contributed by atoms with Crippen molar-refractivity contribution in [2.45, 2.75) is 18.2 Å². The maximum Gasteiger partial charge on any atom is 0.210 e. The molecule has 23 heavy (non-hydrogen) atoms. The quantitative estimate of drug-likeness (QED) is 0.471. The van der Waals surface area contributed by atoms with Crippen LogP contribution in [0.4, 0.5) is 10.8 Å². The van der Waals surface area contributed by atoms with E-state index in [0.29, 0.717) is 9.47 Å². The molecular formula is C15H15N5OS2. The Morgan fingerprint density at radius 3 is 2.91 bits per heavy atom. The number of rotatable bonds is 6. The lowest BCUT2D eigenvalue weighted by atomic mass is 10.2. The molecule has 0 radical (unpaired) electrons. The number of nitriles is 1. The van der Waals surface area contributed by atoms with Gasteiger partial charge < -0.3 is 11.1 Å². The molecule has 0 amide bonds. The zero-order chi connectivity index (χ0) is 16.8. The number of nitrogens with two attached hydrogens (primary N) is 1. The summed E-state index contributed by atoms with van der Waals surface area (Å²) in [6.45, 7) is 3.55. The minimum absolute atomic E-state index is 0.000115. The first-order valence-corrected chi connectivity index (χ1v) is 8.49. The van der Waals surface area contributed by atoms with E-state index in [4.69, 9.17) is 11.0 Å². The number of aryl methyl sites for hydroxylation is 1. The van der Waals surface area contributed by atoms with E-state index < -0.39 is 0 Å². The summed E-state index contributed by atoms with van der Waals surface area (Å²) in [7, 11) is 0. The van der Waals surface area contributed by atoms with Crippen molar-refractivity contribution in [2.75, 3.05) is 11.1 Å². The second-order valence-electron chi connectivity index (χ2n) is 4.75. The third kappa shape index (κ3) is 4.81. The average Bonchev–Trinajstić information content (AvgIpc) is 2.93. The molecule has 0 aliphatic carbocycles. The van der Waals surface area contributed by atoms with Crippen LogP contribution in [-0.2, 0) is 4.79 Å². The van der Waals surface area contributed by atoms with Crippen LogP contribution < -0.4 is 11.1 Å². The number of ketones is 1. The van der Waals surface area contributed by atoms with Crippen molar-refractivity contribution in [3.63, 3.8) is 0 Å². The topological polar surface area (TPSA) is 105 Å². The molecule has 0 bridgehead atoms. The smallest absolute Gasteiger partial charge is 0.210 e. The van der Waals surface area contributed by atoms with Crippen LogP contribution in [0, 0.1) is 18.3 Å². The van der Waals surface area contributed by atoms with Gasteiger partial charge in [-0.1, -0.05) is 35.2 Å². The molecule has 1 aromatic carbocycles. The maximum absolute atomic E-state index is 11.9. The Kier molecular flexibility index (Phi) is 5.73. The summed E-state index contributed by atoms with van der Waals surface area (Å²) in [5.41, 5.74) is 7.82. The van der Waals surface area contributed by atoms with Crippen molar-refractivity contribution in [3.05, 3.63) is 41.1 Å². The molecule has 1 heterocycles. The number of carbonyl (C=O) groups is 1. The highest BCUT2D eigenvalue weighted by molar-refractivity contribution is 8.01. The maximum atomic E-state index is 11.9. The zero-order valence-corrected chi connectivity index (χ0v) is 14.3. The van der Waals surface area contributed by atoms with Gasteiger partial charge in [-0.2, -0.15) is 5.26 Å². The third-order valence-electron chi connectivity index (χ3n) is 2.79. The first-order chi connectivity index (χ1) is 11.0. The summed E-state index contributed by atoms with van der Waals surface area (Å²) in [4.78, 5) is 11.9. The summed E-state index contributed by atoms with van der Waals surface area (Å²) >= 11 is 2.59. The number of allylic oxidation sites excluding steroid dienone is 2. The predicted molar refractivity (Wildman–Crippen MR) is 92.6 cm³/mol. The van der Waals surface area contributed by atoms with E-state index >= 15 is 0 Å². The van der Waals surface area contributed by atoms with Gasteiger partial charge in [0, 0.05) is 11.4 Å². The van der Waals surface area contributed by atoms with Crippen molar-refractivity contribution in [1.82, 2.24) is 10.2 Å². The molecule has 118 valence electrons. The van der Waals surface area contributed by atoms with Crippen LogP contribution in [0.1, 0.15) is 12.5 Å². The molecule has 3 N–H and O–H groups in total. The lowest BCUT2D eigenvalue weighted by Gasteiger charge is -2.02.